The van der Waals surface area contributed by atoms with Crippen LogP contribution in [0, 0.1) is 13.8 Å². The summed E-state index contributed by atoms with van der Waals surface area (Å²) < 4.78 is 15.5. The Balaban J connectivity index is 0.000000418. The van der Waals surface area contributed by atoms with Crippen LogP contribution in [0.15, 0.2) is 47.1 Å². The first-order chi connectivity index (χ1) is 13.8. The molecule has 1 aromatic heterocycles. The van der Waals surface area contributed by atoms with E-state index in [1.54, 1.807) is 18.4 Å². The average Bonchev–Trinajstić information content (AvgIpc) is 3.20. The molecule has 1 N–H and O–H groups in total. The first-order valence-corrected chi connectivity index (χ1v) is 11.1. The topological polar surface area (TPSA) is 51.8 Å². The van der Waals surface area contributed by atoms with E-state index in [0.717, 1.165) is 21.9 Å². The molecule has 3 aromatic rings. The molecule has 30 heavy (non-hydrogen) atoms. The van der Waals surface area contributed by atoms with Crippen LogP contribution in [-0.2, 0) is 9.47 Å². The van der Waals surface area contributed by atoms with Gasteiger partial charge in [-0.15, -0.1) is 0 Å². The van der Waals surface area contributed by atoms with Gasteiger partial charge in [-0.05, 0) is 63.1 Å². The van der Waals surface area contributed by atoms with Gasteiger partial charge in [-0.2, -0.15) is 0 Å². The van der Waals surface area contributed by atoms with Crippen LogP contribution in [0.25, 0.3) is 11.0 Å². The third-order valence-corrected chi connectivity index (χ3v) is 4.87. The molecule has 2 aromatic carbocycles. The minimum Gasteiger partial charge on any atom is -0.506 e. The fourth-order valence-corrected chi connectivity index (χ4v) is 3.00. The molecular weight excluding hydrogens is 491 g/mol. The van der Waals surface area contributed by atoms with Gasteiger partial charge in [-0.25, -0.2) is 0 Å². The van der Waals surface area contributed by atoms with E-state index in [1.165, 1.54) is 5.56 Å². The summed E-state index contributed by atoms with van der Waals surface area (Å²) >= 11 is 14.7. The van der Waals surface area contributed by atoms with Crippen molar-refractivity contribution < 1.29 is 19.0 Å². The maximum atomic E-state index is 8.97. The first kappa shape index (κ1) is 28.8. The summed E-state index contributed by atoms with van der Waals surface area (Å²) in [5, 5.41) is 11.9. The number of furan rings is 1. The van der Waals surface area contributed by atoms with Crippen molar-refractivity contribution in [1.29, 1.82) is 0 Å². The molecule has 0 radical (unpaired) electrons. The van der Waals surface area contributed by atoms with Gasteiger partial charge in [-0.1, -0.05) is 58.7 Å². The zero-order valence-electron chi connectivity index (χ0n) is 17.0. The summed E-state index contributed by atoms with van der Waals surface area (Å²) in [6.45, 7) is 9.25. The molecule has 0 atom stereocenters. The van der Waals surface area contributed by atoms with Gasteiger partial charge in [0.25, 0.3) is 0 Å². The first-order valence-electron chi connectivity index (χ1n) is 9.20. The number of hydrogen-bond donors (Lipinski definition) is 1. The highest BCUT2D eigenvalue weighted by Crippen LogP contribution is 2.26. The van der Waals surface area contributed by atoms with E-state index in [0.29, 0.717) is 23.3 Å². The summed E-state index contributed by atoms with van der Waals surface area (Å²) in [4.78, 5) is 0. The zero-order chi connectivity index (χ0) is 21.8. The second kappa shape index (κ2) is 15.5. The second-order valence-corrected chi connectivity index (χ2v) is 7.44. The predicted octanol–water partition coefficient (Wildman–Crippen LogP) is 8.17. The maximum absolute atomic E-state index is 8.97. The molecule has 7 heteroatoms. The fraction of sp³-hybridized carbons (Fsp3) is 0.391. The van der Waals surface area contributed by atoms with Crippen LogP contribution in [0.4, 0.5) is 0 Å². The molecule has 168 valence electrons. The minimum absolute atomic E-state index is 0. The number of alkyl halides is 1. The van der Waals surface area contributed by atoms with Crippen molar-refractivity contribution in [2.45, 2.75) is 41.4 Å². The van der Waals surface area contributed by atoms with Crippen molar-refractivity contribution in [2.24, 2.45) is 0 Å². The largest absolute Gasteiger partial charge is 0.506 e. The van der Waals surface area contributed by atoms with Gasteiger partial charge in [0, 0.05) is 18.6 Å². The average molecular weight is 522 g/mol. The number of aromatic hydroxyl groups is 1. The van der Waals surface area contributed by atoms with Crippen molar-refractivity contribution in [1.82, 2.24) is 0 Å². The van der Waals surface area contributed by atoms with Crippen molar-refractivity contribution in [3.8, 4) is 5.75 Å². The van der Waals surface area contributed by atoms with Crippen LogP contribution < -0.4 is 0 Å². The molecule has 0 aliphatic heterocycles. The number of fused-ring (bicyclic) bond motifs is 1. The Morgan fingerprint density at radius 2 is 1.60 bits per heavy atom. The number of ether oxygens (including phenoxy) is 2. The molecule has 3 rings (SSSR count). The molecule has 0 aliphatic rings. The lowest BCUT2D eigenvalue weighted by Gasteiger charge is -2.12. The Morgan fingerprint density at radius 3 is 2.07 bits per heavy atom. The van der Waals surface area contributed by atoms with Crippen LogP contribution in [0.2, 0.25) is 10.0 Å². The van der Waals surface area contributed by atoms with Gasteiger partial charge >= 0.3 is 0 Å². The number of benzene rings is 2. The monoisotopic (exact) mass is 520 g/mol. The summed E-state index contributed by atoms with van der Waals surface area (Å²) in [5.41, 5.74) is 2.99. The molecule has 0 unspecified atom stereocenters. The van der Waals surface area contributed by atoms with Crippen molar-refractivity contribution in [2.75, 3.05) is 18.5 Å². The van der Waals surface area contributed by atoms with Gasteiger partial charge in [0.05, 0.1) is 21.6 Å². The van der Waals surface area contributed by atoms with E-state index >= 15 is 0 Å². The molecule has 0 spiro atoms. The number of aryl methyl sites for hydroxylation is 2. The Morgan fingerprint density at radius 1 is 1.00 bits per heavy atom. The third-order valence-electron chi connectivity index (χ3n) is 3.72. The van der Waals surface area contributed by atoms with E-state index < -0.39 is 0 Å². The summed E-state index contributed by atoms with van der Waals surface area (Å²) in [5.74, 6) is 0.150. The van der Waals surface area contributed by atoms with Crippen molar-refractivity contribution in [3.05, 3.63) is 63.8 Å². The third kappa shape index (κ3) is 9.71. The van der Waals surface area contributed by atoms with Gasteiger partial charge in [-0.3, -0.25) is 0 Å². The van der Waals surface area contributed by atoms with Crippen molar-refractivity contribution in [3.63, 3.8) is 0 Å². The van der Waals surface area contributed by atoms with E-state index in [9.17, 15) is 0 Å². The number of rotatable bonds is 5. The summed E-state index contributed by atoms with van der Waals surface area (Å²) in [7, 11) is 0. The zero-order valence-corrected chi connectivity index (χ0v) is 20.1. The minimum atomic E-state index is -0.0694. The Labute approximate surface area is 198 Å². The molecule has 0 aliphatic carbocycles. The molecule has 4 nitrogen and oxygen atoms in total. The highest BCUT2D eigenvalue weighted by Gasteiger charge is 2.03. The maximum Gasteiger partial charge on any atom is 0.167 e. The Bertz CT molecular complexity index is 826. The quantitative estimate of drug-likeness (QED) is 0.271. The lowest BCUT2D eigenvalue weighted by atomic mass is 10.1. The van der Waals surface area contributed by atoms with Gasteiger partial charge in [0.15, 0.2) is 11.9 Å². The molecule has 0 bridgehead atoms. The summed E-state index contributed by atoms with van der Waals surface area (Å²) in [6.07, 6.45) is 1.59. The Kier molecular flexibility index (Phi) is 14.9. The van der Waals surface area contributed by atoms with Gasteiger partial charge in [0.2, 0.25) is 0 Å². The van der Waals surface area contributed by atoms with Crippen molar-refractivity contribution >= 4 is 50.1 Å². The highest BCUT2D eigenvalue weighted by molar-refractivity contribution is 9.09. The molecular formula is C23H31BrCl2O4. The lowest BCUT2D eigenvalue weighted by molar-refractivity contribution is -0.119. The van der Waals surface area contributed by atoms with E-state index in [4.69, 9.17) is 42.2 Å². The standard InChI is InChI=1S/C9H7ClO.C7H7ClO.C6H13BrO2.CH4/c1-6-2-3-8(10)9-7(6)4-5-11-9;1-5-2-3-6(8)7(9)4-5;1-3-8-6(5-7)9-4-2;/h2-5H,1H3;2-4,9H,1H3;6H,3-5H2,1-2H3;1H4. The molecule has 0 saturated heterocycles. The summed E-state index contributed by atoms with van der Waals surface area (Å²) in [6, 6.07) is 10.9. The second-order valence-electron chi connectivity index (χ2n) is 5.98. The smallest absolute Gasteiger partial charge is 0.167 e. The van der Waals surface area contributed by atoms with Crippen LogP contribution in [0.1, 0.15) is 32.4 Å². The van der Waals surface area contributed by atoms with Gasteiger partial charge < -0.3 is 19.0 Å². The number of hydrogen-bond acceptors (Lipinski definition) is 4. The highest BCUT2D eigenvalue weighted by atomic mass is 79.9. The van der Waals surface area contributed by atoms with Crippen LogP contribution in [-0.4, -0.2) is 29.9 Å². The molecule has 0 fully saturated rings. The Hall–Kier alpha value is -1.24. The van der Waals surface area contributed by atoms with Crippen LogP contribution in [0.3, 0.4) is 0 Å². The van der Waals surface area contributed by atoms with E-state index in [1.807, 2.05) is 52.0 Å². The molecule has 0 saturated carbocycles. The van der Waals surface area contributed by atoms with Crippen LogP contribution in [0.5, 0.6) is 5.75 Å². The number of phenolic OH excluding ortho intramolecular Hbond substituents is 1. The normalized spacial score (nSPS) is 10.0. The predicted molar refractivity (Wildman–Crippen MR) is 131 cm³/mol. The fourth-order valence-electron chi connectivity index (χ4n) is 2.30. The SMILES string of the molecule is C.CCOC(CBr)OCC.Cc1ccc(Cl)c(O)c1.Cc1ccc(Cl)c2occc12. The van der Waals surface area contributed by atoms with Crippen LogP contribution >= 0.6 is 39.1 Å². The molecule has 1 heterocycles. The molecule has 0 amide bonds. The number of halogens is 3. The van der Waals surface area contributed by atoms with Gasteiger partial charge in [0.1, 0.15) is 5.75 Å². The van der Waals surface area contributed by atoms with E-state index in [2.05, 4.69) is 15.9 Å². The van der Waals surface area contributed by atoms with E-state index in [-0.39, 0.29) is 19.5 Å². The lowest BCUT2D eigenvalue weighted by Crippen LogP contribution is -2.18. The number of phenols is 1.